The van der Waals surface area contributed by atoms with Crippen molar-refractivity contribution in [2.45, 2.75) is 13.0 Å². The van der Waals surface area contributed by atoms with E-state index in [1.807, 2.05) is 12.1 Å². The molecule has 1 aromatic carbocycles. The Kier molecular flexibility index (Phi) is 3.72. The summed E-state index contributed by atoms with van der Waals surface area (Å²) in [6, 6.07) is 3.84. The van der Waals surface area contributed by atoms with Gasteiger partial charge in [-0.05, 0) is 23.6 Å². The Bertz CT molecular complexity index is 528. The second-order valence-corrected chi connectivity index (χ2v) is 5.67. The maximum absolute atomic E-state index is 10.6. The highest BCUT2D eigenvalue weighted by atomic mass is 35.5. The first-order valence-corrected chi connectivity index (χ1v) is 7.02. The summed E-state index contributed by atoms with van der Waals surface area (Å²) in [5.41, 5.74) is 1.06. The molecule has 6 heteroatoms. The van der Waals surface area contributed by atoms with Crippen LogP contribution in [0.15, 0.2) is 12.1 Å². The van der Waals surface area contributed by atoms with Crippen LogP contribution in [0.5, 0.6) is 11.5 Å². The summed E-state index contributed by atoms with van der Waals surface area (Å²) >= 11 is 6.19. The predicted molar refractivity (Wildman–Crippen MR) is 73.5 cm³/mol. The van der Waals surface area contributed by atoms with Crippen LogP contribution in [0.25, 0.3) is 0 Å². The number of rotatable bonds is 4. The third-order valence-corrected chi connectivity index (χ3v) is 3.84. The fraction of sp³-hybridized carbons (Fsp3) is 0.500. The van der Waals surface area contributed by atoms with Gasteiger partial charge in [0.25, 0.3) is 0 Å². The van der Waals surface area contributed by atoms with Crippen molar-refractivity contribution in [2.75, 3.05) is 26.3 Å². The van der Waals surface area contributed by atoms with Gasteiger partial charge in [-0.25, -0.2) is 0 Å². The summed E-state index contributed by atoms with van der Waals surface area (Å²) in [4.78, 5) is 12.8. The number of carboxylic acids is 1. The van der Waals surface area contributed by atoms with E-state index in [0.29, 0.717) is 29.7 Å². The lowest BCUT2D eigenvalue weighted by Gasteiger charge is -2.38. The predicted octanol–water partition coefficient (Wildman–Crippen LogP) is 2.02. The third kappa shape index (κ3) is 2.83. The van der Waals surface area contributed by atoms with Crippen molar-refractivity contribution in [3.05, 3.63) is 22.7 Å². The van der Waals surface area contributed by atoms with Crippen LogP contribution in [0.1, 0.15) is 12.0 Å². The SMILES string of the molecule is O=C(O)CC1CN(Cc2cc(Cl)c3c(c2)OCCO3)C1. The van der Waals surface area contributed by atoms with E-state index in [-0.39, 0.29) is 12.3 Å². The van der Waals surface area contributed by atoms with Crippen LogP contribution < -0.4 is 9.47 Å². The molecule has 1 fully saturated rings. The molecule has 0 amide bonds. The maximum Gasteiger partial charge on any atom is 0.303 e. The Labute approximate surface area is 122 Å². The quantitative estimate of drug-likeness (QED) is 0.921. The molecule has 108 valence electrons. The number of fused-ring (bicyclic) bond motifs is 1. The lowest BCUT2D eigenvalue weighted by molar-refractivity contribution is -0.139. The highest BCUT2D eigenvalue weighted by Crippen LogP contribution is 2.39. The monoisotopic (exact) mass is 297 g/mol. The number of carbonyl (C=O) groups is 1. The molecular formula is C14H16ClNO4. The molecule has 1 aromatic rings. The Morgan fingerprint density at radius 3 is 2.85 bits per heavy atom. The average molecular weight is 298 g/mol. The summed E-state index contributed by atoms with van der Waals surface area (Å²) in [5.74, 6) is 0.854. The fourth-order valence-electron chi connectivity index (χ4n) is 2.70. The molecule has 0 unspecified atom stereocenters. The molecule has 1 N–H and O–H groups in total. The van der Waals surface area contributed by atoms with E-state index < -0.39 is 5.97 Å². The van der Waals surface area contributed by atoms with Crippen LogP contribution in [-0.4, -0.2) is 42.3 Å². The molecule has 2 aliphatic rings. The summed E-state index contributed by atoms with van der Waals surface area (Å²) in [7, 11) is 0. The van der Waals surface area contributed by atoms with Crippen LogP contribution >= 0.6 is 11.6 Å². The molecule has 2 heterocycles. The number of halogens is 1. The van der Waals surface area contributed by atoms with Gasteiger partial charge >= 0.3 is 5.97 Å². The zero-order valence-electron chi connectivity index (χ0n) is 11.0. The highest BCUT2D eigenvalue weighted by molar-refractivity contribution is 6.32. The maximum atomic E-state index is 10.6. The number of nitrogens with zero attached hydrogens (tertiary/aromatic N) is 1. The zero-order valence-corrected chi connectivity index (χ0v) is 11.7. The number of carboxylic acid groups (broad SMARTS) is 1. The van der Waals surface area contributed by atoms with Crippen molar-refractivity contribution in [3.8, 4) is 11.5 Å². The molecule has 0 atom stereocenters. The van der Waals surface area contributed by atoms with Gasteiger partial charge in [0.2, 0.25) is 0 Å². The lowest BCUT2D eigenvalue weighted by Crippen LogP contribution is -2.46. The second kappa shape index (κ2) is 5.50. The van der Waals surface area contributed by atoms with Gasteiger partial charge in [-0.1, -0.05) is 11.6 Å². The smallest absolute Gasteiger partial charge is 0.303 e. The molecule has 20 heavy (non-hydrogen) atoms. The molecule has 3 rings (SSSR count). The van der Waals surface area contributed by atoms with E-state index in [1.54, 1.807) is 0 Å². The number of likely N-dealkylation sites (tertiary alicyclic amines) is 1. The van der Waals surface area contributed by atoms with Gasteiger partial charge in [0.05, 0.1) is 11.4 Å². The fourth-order valence-corrected chi connectivity index (χ4v) is 2.98. The zero-order chi connectivity index (χ0) is 14.1. The van der Waals surface area contributed by atoms with E-state index in [0.717, 1.165) is 25.2 Å². The molecule has 5 nitrogen and oxygen atoms in total. The van der Waals surface area contributed by atoms with E-state index in [2.05, 4.69) is 4.90 Å². The molecule has 0 bridgehead atoms. The topological polar surface area (TPSA) is 59.0 Å². The van der Waals surface area contributed by atoms with Crippen molar-refractivity contribution in [3.63, 3.8) is 0 Å². The molecule has 0 radical (unpaired) electrons. The van der Waals surface area contributed by atoms with Crippen LogP contribution in [-0.2, 0) is 11.3 Å². The van der Waals surface area contributed by atoms with Gasteiger partial charge in [0.15, 0.2) is 11.5 Å². The lowest BCUT2D eigenvalue weighted by atomic mass is 9.96. The number of aliphatic carboxylic acids is 1. The molecular weight excluding hydrogens is 282 g/mol. The van der Waals surface area contributed by atoms with Crippen LogP contribution in [0.4, 0.5) is 0 Å². The van der Waals surface area contributed by atoms with Crippen LogP contribution in [0, 0.1) is 5.92 Å². The van der Waals surface area contributed by atoms with Gasteiger partial charge < -0.3 is 14.6 Å². The van der Waals surface area contributed by atoms with Gasteiger partial charge in [-0.2, -0.15) is 0 Å². The number of ether oxygens (including phenoxy) is 2. The van der Waals surface area contributed by atoms with Crippen molar-refractivity contribution >= 4 is 17.6 Å². The molecule has 0 spiro atoms. The van der Waals surface area contributed by atoms with Crippen LogP contribution in [0.2, 0.25) is 5.02 Å². The molecule has 0 aliphatic carbocycles. The van der Waals surface area contributed by atoms with E-state index in [4.69, 9.17) is 26.2 Å². The Morgan fingerprint density at radius 1 is 1.35 bits per heavy atom. The number of hydrogen-bond donors (Lipinski definition) is 1. The van der Waals surface area contributed by atoms with Crippen molar-refractivity contribution in [1.82, 2.24) is 4.90 Å². The number of hydrogen-bond acceptors (Lipinski definition) is 4. The largest absolute Gasteiger partial charge is 0.486 e. The summed E-state index contributed by atoms with van der Waals surface area (Å²) in [5, 5.41) is 9.30. The van der Waals surface area contributed by atoms with Crippen molar-refractivity contribution in [2.24, 2.45) is 5.92 Å². The Balaban J connectivity index is 1.62. The highest BCUT2D eigenvalue weighted by Gasteiger charge is 2.29. The molecule has 2 aliphatic heterocycles. The van der Waals surface area contributed by atoms with Crippen molar-refractivity contribution < 1.29 is 19.4 Å². The first-order valence-electron chi connectivity index (χ1n) is 6.64. The molecule has 0 saturated carbocycles. The minimum absolute atomic E-state index is 0.248. The summed E-state index contributed by atoms with van der Waals surface area (Å²) < 4.78 is 11.0. The standard InChI is InChI=1S/C14H16ClNO4/c15-11-3-9(4-12-14(11)20-2-1-19-12)6-16-7-10(8-16)5-13(17)18/h3-4,10H,1-2,5-8H2,(H,17,18). The van der Waals surface area contributed by atoms with Crippen LogP contribution in [0.3, 0.4) is 0 Å². The minimum Gasteiger partial charge on any atom is -0.486 e. The van der Waals surface area contributed by atoms with E-state index >= 15 is 0 Å². The third-order valence-electron chi connectivity index (χ3n) is 3.56. The molecule has 1 saturated heterocycles. The van der Waals surface area contributed by atoms with Crippen molar-refractivity contribution in [1.29, 1.82) is 0 Å². The summed E-state index contributed by atoms with van der Waals surface area (Å²) in [6.07, 6.45) is 0.248. The summed E-state index contributed by atoms with van der Waals surface area (Å²) in [6.45, 7) is 3.45. The molecule has 0 aromatic heterocycles. The normalized spacial score (nSPS) is 18.6. The Morgan fingerprint density at radius 2 is 2.10 bits per heavy atom. The second-order valence-electron chi connectivity index (χ2n) is 5.26. The van der Waals surface area contributed by atoms with Gasteiger partial charge in [0, 0.05) is 19.6 Å². The van der Waals surface area contributed by atoms with Gasteiger partial charge in [0.1, 0.15) is 13.2 Å². The minimum atomic E-state index is -0.725. The first kappa shape index (κ1) is 13.5. The van der Waals surface area contributed by atoms with E-state index in [1.165, 1.54) is 0 Å². The first-order chi connectivity index (χ1) is 9.61. The van der Waals surface area contributed by atoms with Gasteiger partial charge in [-0.3, -0.25) is 9.69 Å². The Hall–Kier alpha value is -1.46. The van der Waals surface area contributed by atoms with E-state index in [9.17, 15) is 4.79 Å². The van der Waals surface area contributed by atoms with Gasteiger partial charge in [-0.15, -0.1) is 0 Å². The average Bonchev–Trinajstić information content (AvgIpc) is 2.36. The number of benzene rings is 1.